The number of carbonyl (C=O) groups is 2. The number of carbonyl (C=O) groups excluding carboxylic acids is 2. The predicted octanol–water partition coefficient (Wildman–Crippen LogP) is 2.86. The summed E-state index contributed by atoms with van der Waals surface area (Å²) in [6, 6.07) is 3.84. The van der Waals surface area contributed by atoms with Crippen LogP contribution in [0.3, 0.4) is 0 Å². The van der Waals surface area contributed by atoms with Gasteiger partial charge in [-0.3, -0.25) is 9.59 Å². The minimum Gasteiger partial charge on any atom is -0.524 e. The maximum Gasteiger partial charge on any atom is 0.658 e. The zero-order chi connectivity index (χ0) is 17.0. The average molecular weight is 325 g/mol. The summed E-state index contributed by atoms with van der Waals surface area (Å²) in [5, 5.41) is 0. The van der Waals surface area contributed by atoms with E-state index in [2.05, 4.69) is 9.31 Å². The molecule has 9 heteroatoms. The molecule has 23 heavy (non-hydrogen) atoms. The molecule has 0 saturated heterocycles. The van der Waals surface area contributed by atoms with Gasteiger partial charge in [0.25, 0.3) is 0 Å². The monoisotopic (exact) mass is 325 g/mol. The van der Waals surface area contributed by atoms with E-state index in [9.17, 15) is 27.2 Å². The smallest absolute Gasteiger partial charge is 0.524 e. The van der Waals surface area contributed by atoms with Gasteiger partial charge < -0.3 is 9.31 Å². The molecule has 0 heterocycles. The highest BCUT2D eigenvalue weighted by Crippen LogP contribution is 2.24. The molecule has 0 aromatic heterocycles. The normalized spacial score (nSPS) is 10.1. The summed E-state index contributed by atoms with van der Waals surface area (Å²) in [5.74, 6) is -6.98. The third kappa shape index (κ3) is 3.33. The molecule has 0 bridgehead atoms. The largest absolute Gasteiger partial charge is 0.658 e. The Balaban J connectivity index is 2.09. The van der Waals surface area contributed by atoms with E-state index in [0.717, 1.165) is 24.3 Å². The van der Waals surface area contributed by atoms with E-state index in [-0.39, 0.29) is 12.6 Å². The molecule has 0 fully saturated rings. The number of benzene rings is 2. The van der Waals surface area contributed by atoms with Crippen LogP contribution in [0.15, 0.2) is 24.3 Å². The summed E-state index contributed by atoms with van der Waals surface area (Å²) in [6.07, 6.45) is 0.240. The van der Waals surface area contributed by atoms with E-state index in [1.807, 2.05) is 0 Å². The Morgan fingerprint density at radius 2 is 1.09 bits per heavy atom. The van der Waals surface area contributed by atoms with Gasteiger partial charge in [-0.1, -0.05) is 0 Å². The molecule has 0 atom stereocenters. The van der Waals surface area contributed by atoms with Crippen molar-refractivity contribution in [2.24, 2.45) is 0 Å². The molecule has 1 radical (unpaired) electrons. The highest BCUT2D eigenvalue weighted by atomic mass is 19.2. The fraction of sp³-hybridized carbons (Fsp3) is 0. The van der Waals surface area contributed by atoms with Crippen molar-refractivity contribution in [2.45, 2.75) is 0 Å². The van der Waals surface area contributed by atoms with Gasteiger partial charge >= 0.3 is 7.69 Å². The van der Waals surface area contributed by atoms with Crippen molar-refractivity contribution in [1.29, 1.82) is 0 Å². The van der Waals surface area contributed by atoms with Crippen molar-refractivity contribution in [3.8, 4) is 11.5 Å². The first-order valence-electron chi connectivity index (χ1n) is 6.01. The first kappa shape index (κ1) is 16.5. The Labute approximate surface area is 127 Å². The van der Waals surface area contributed by atoms with Crippen LogP contribution in [0.1, 0.15) is 20.7 Å². The van der Waals surface area contributed by atoms with Crippen LogP contribution in [0.2, 0.25) is 0 Å². The highest BCUT2D eigenvalue weighted by Gasteiger charge is 2.18. The van der Waals surface area contributed by atoms with Gasteiger partial charge in [-0.2, -0.15) is 8.78 Å². The lowest BCUT2D eigenvalue weighted by molar-refractivity contribution is 0.111. The maximum absolute atomic E-state index is 13.5. The summed E-state index contributed by atoms with van der Waals surface area (Å²) >= 11 is 0. The van der Waals surface area contributed by atoms with E-state index in [4.69, 9.17) is 0 Å². The molecule has 2 aromatic rings. The average Bonchev–Trinajstić information content (AvgIpc) is 2.55. The van der Waals surface area contributed by atoms with Gasteiger partial charge in [-0.25, -0.2) is 8.78 Å². The van der Waals surface area contributed by atoms with Crippen LogP contribution in [0.4, 0.5) is 17.6 Å². The molecule has 0 unspecified atom stereocenters. The van der Waals surface area contributed by atoms with Crippen molar-refractivity contribution in [1.82, 2.24) is 0 Å². The van der Waals surface area contributed by atoms with Gasteiger partial charge in [0.05, 0.1) is 11.1 Å². The molecule has 2 aromatic carbocycles. The Bertz CT molecular complexity index is 703. The number of hydrogen-bond donors (Lipinski definition) is 0. The van der Waals surface area contributed by atoms with Gasteiger partial charge in [-0.15, -0.1) is 0 Å². The zero-order valence-corrected chi connectivity index (χ0v) is 11.2. The van der Waals surface area contributed by atoms with Gasteiger partial charge in [-0.05, 0) is 24.3 Å². The van der Waals surface area contributed by atoms with E-state index in [1.165, 1.54) is 0 Å². The summed E-state index contributed by atoms with van der Waals surface area (Å²) in [6.45, 7) is 0. The molecule has 0 spiro atoms. The van der Waals surface area contributed by atoms with Crippen LogP contribution in [0.25, 0.3) is 0 Å². The maximum atomic E-state index is 13.5. The minimum atomic E-state index is -1.45. The van der Waals surface area contributed by atoms with Crippen LogP contribution >= 0.6 is 0 Å². The molecule has 0 aliphatic rings. The minimum absolute atomic E-state index is 0.120. The molecule has 4 nitrogen and oxygen atoms in total. The van der Waals surface area contributed by atoms with E-state index < -0.39 is 45.9 Å². The first-order valence-corrected chi connectivity index (χ1v) is 6.01. The molecule has 0 N–H and O–H groups in total. The molecule has 0 aliphatic heterocycles. The van der Waals surface area contributed by atoms with Crippen LogP contribution in [0, 0.1) is 23.3 Å². The summed E-state index contributed by atoms with van der Waals surface area (Å²) in [7, 11) is 0.441. The zero-order valence-electron chi connectivity index (χ0n) is 11.2. The predicted molar refractivity (Wildman–Crippen MR) is 70.5 cm³/mol. The Kier molecular flexibility index (Phi) is 5.00. The Hall–Kier alpha value is -2.84. The van der Waals surface area contributed by atoms with E-state index in [1.54, 1.807) is 0 Å². The number of hydrogen-bond acceptors (Lipinski definition) is 4. The van der Waals surface area contributed by atoms with Crippen molar-refractivity contribution in [2.75, 3.05) is 0 Å². The van der Waals surface area contributed by atoms with Crippen molar-refractivity contribution >= 4 is 20.3 Å². The molecule has 0 aliphatic carbocycles. The van der Waals surface area contributed by atoms with Crippen molar-refractivity contribution in [3.05, 3.63) is 58.7 Å². The first-order chi connectivity index (χ1) is 11.0. The lowest BCUT2D eigenvalue weighted by Crippen LogP contribution is -2.14. The van der Waals surface area contributed by atoms with Crippen LogP contribution in [0.5, 0.6) is 11.5 Å². The third-order valence-electron chi connectivity index (χ3n) is 2.76. The fourth-order valence-electron chi connectivity index (χ4n) is 1.59. The molecule has 0 amide bonds. The number of aldehydes is 2. The quantitative estimate of drug-likeness (QED) is 0.466. The van der Waals surface area contributed by atoms with Crippen LogP contribution < -0.4 is 9.31 Å². The summed E-state index contributed by atoms with van der Waals surface area (Å²) < 4.78 is 62.9. The second kappa shape index (κ2) is 6.95. The lowest BCUT2D eigenvalue weighted by Gasteiger charge is -2.09. The van der Waals surface area contributed by atoms with E-state index in [0.29, 0.717) is 7.69 Å². The van der Waals surface area contributed by atoms with E-state index >= 15 is 0 Å². The van der Waals surface area contributed by atoms with Crippen molar-refractivity contribution in [3.63, 3.8) is 0 Å². The Morgan fingerprint density at radius 3 is 1.43 bits per heavy atom. The second-order valence-electron chi connectivity index (χ2n) is 4.13. The van der Waals surface area contributed by atoms with Gasteiger partial charge in [0.15, 0.2) is 35.8 Å². The third-order valence-corrected chi connectivity index (χ3v) is 2.76. The Morgan fingerprint density at radius 1 is 0.696 bits per heavy atom. The second-order valence-corrected chi connectivity index (χ2v) is 4.13. The SMILES string of the molecule is O=Cc1ccc(O[B]Oc2ccc(C=O)c(F)c2F)c(F)c1F. The molecular weight excluding hydrogens is 319 g/mol. The standard InChI is InChI=1S/C14H6BF4O4/c16-11-7(5-20)1-3-9(13(11)18)22-15-23-10-4-2-8(6-21)12(17)14(10)19/h1-6H. The topological polar surface area (TPSA) is 52.6 Å². The highest BCUT2D eigenvalue weighted by molar-refractivity contribution is 6.20. The van der Waals surface area contributed by atoms with Crippen LogP contribution in [-0.4, -0.2) is 20.3 Å². The number of rotatable bonds is 6. The fourth-order valence-corrected chi connectivity index (χ4v) is 1.59. The van der Waals surface area contributed by atoms with Gasteiger partial charge in [0.2, 0.25) is 0 Å². The molecule has 0 saturated carbocycles. The molecule has 2 rings (SSSR count). The van der Waals surface area contributed by atoms with Crippen molar-refractivity contribution < 1.29 is 36.5 Å². The van der Waals surface area contributed by atoms with Crippen LogP contribution in [-0.2, 0) is 0 Å². The summed E-state index contributed by atoms with van der Waals surface area (Å²) in [5.41, 5.74) is -1.01. The summed E-state index contributed by atoms with van der Waals surface area (Å²) in [4.78, 5) is 20.9. The lowest BCUT2D eigenvalue weighted by atomic mass is 10.2. The molecular formula is C14H6BF4O4. The number of halogens is 4. The van der Waals surface area contributed by atoms with Gasteiger partial charge in [0, 0.05) is 0 Å². The van der Waals surface area contributed by atoms with Gasteiger partial charge in [0.1, 0.15) is 11.5 Å². The molecule has 117 valence electrons.